The van der Waals surface area contributed by atoms with E-state index in [1.54, 1.807) is 0 Å². The van der Waals surface area contributed by atoms with Gasteiger partial charge in [0, 0.05) is 6.07 Å². The summed E-state index contributed by atoms with van der Waals surface area (Å²) in [5.41, 5.74) is -0.452. The lowest BCUT2D eigenvalue weighted by molar-refractivity contribution is -0.386. The highest BCUT2D eigenvalue weighted by Crippen LogP contribution is 2.30. The topological polar surface area (TPSA) is 43.1 Å². The number of nitrogens with zero attached hydrogens (tertiary/aromatic N) is 1. The molecule has 0 aromatic heterocycles. The van der Waals surface area contributed by atoms with Crippen LogP contribution >= 0.6 is 38.5 Å². The molecular formula is C6HBrF2INO2. The van der Waals surface area contributed by atoms with E-state index in [-0.39, 0.29) is 8.04 Å². The van der Waals surface area contributed by atoms with Crippen molar-refractivity contribution in [2.24, 2.45) is 0 Å². The molecule has 0 radical (unpaired) electrons. The molecule has 70 valence electrons. The molecule has 0 amide bonds. The molecule has 0 aliphatic rings. The summed E-state index contributed by atoms with van der Waals surface area (Å²) in [6.07, 6.45) is 0. The molecule has 0 unspecified atom stereocenters. The van der Waals surface area contributed by atoms with E-state index >= 15 is 0 Å². The zero-order valence-electron chi connectivity index (χ0n) is 5.85. The minimum atomic E-state index is -1.21. The number of nitro groups is 1. The van der Waals surface area contributed by atoms with Crippen LogP contribution < -0.4 is 0 Å². The van der Waals surface area contributed by atoms with Crippen LogP contribution in [0, 0.1) is 25.3 Å². The van der Waals surface area contributed by atoms with Crippen LogP contribution in [0.5, 0.6) is 0 Å². The van der Waals surface area contributed by atoms with E-state index in [0.717, 1.165) is 6.07 Å². The van der Waals surface area contributed by atoms with Crippen LogP contribution in [0.3, 0.4) is 0 Å². The highest BCUT2D eigenvalue weighted by Gasteiger charge is 2.22. The van der Waals surface area contributed by atoms with Crippen LogP contribution in [0.25, 0.3) is 0 Å². The van der Waals surface area contributed by atoms with E-state index in [1.165, 1.54) is 22.6 Å². The van der Waals surface area contributed by atoms with Crippen molar-refractivity contribution in [3.05, 3.63) is 35.9 Å². The van der Waals surface area contributed by atoms with Gasteiger partial charge in [0.2, 0.25) is 0 Å². The van der Waals surface area contributed by atoms with E-state index in [4.69, 9.17) is 0 Å². The van der Waals surface area contributed by atoms with Crippen LogP contribution in [0.1, 0.15) is 0 Å². The summed E-state index contributed by atoms with van der Waals surface area (Å²) in [5.74, 6) is -2.32. The van der Waals surface area contributed by atoms with Gasteiger partial charge in [0.25, 0.3) is 5.69 Å². The van der Waals surface area contributed by atoms with E-state index in [9.17, 15) is 18.9 Å². The predicted molar refractivity (Wildman–Crippen MR) is 53.4 cm³/mol. The van der Waals surface area contributed by atoms with Crippen molar-refractivity contribution in [3.63, 3.8) is 0 Å². The molecule has 13 heavy (non-hydrogen) atoms. The van der Waals surface area contributed by atoms with Crippen molar-refractivity contribution in [2.75, 3.05) is 0 Å². The molecule has 0 bridgehead atoms. The Morgan fingerprint density at radius 3 is 2.46 bits per heavy atom. The minimum Gasteiger partial charge on any atom is -0.258 e. The first-order valence-electron chi connectivity index (χ1n) is 2.92. The minimum absolute atomic E-state index is 0.253. The summed E-state index contributed by atoms with van der Waals surface area (Å²) < 4.78 is 25.1. The Bertz CT molecular complexity index is 385. The maximum absolute atomic E-state index is 12.9. The second-order valence-electron chi connectivity index (χ2n) is 2.08. The van der Waals surface area contributed by atoms with Gasteiger partial charge in [-0.1, -0.05) is 0 Å². The Hall–Kier alpha value is -0.310. The molecule has 3 nitrogen and oxygen atoms in total. The Kier molecular flexibility index (Phi) is 3.17. The molecule has 0 saturated heterocycles. The molecule has 0 aliphatic carbocycles. The van der Waals surface area contributed by atoms with Crippen LogP contribution in [0.4, 0.5) is 14.5 Å². The molecule has 0 N–H and O–H groups in total. The molecule has 0 spiro atoms. The van der Waals surface area contributed by atoms with Crippen LogP contribution in [0.15, 0.2) is 10.5 Å². The third-order valence-corrected chi connectivity index (χ3v) is 2.88. The monoisotopic (exact) mass is 363 g/mol. The van der Waals surface area contributed by atoms with Crippen molar-refractivity contribution >= 4 is 44.2 Å². The first-order chi connectivity index (χ1) is 5.95. The molecule has 0 atom stereocenters. The summed E-state index contributed by atoms with van der Waals surface area (Å²) in [6, 6.07) is 0.931. The van der Waals surface area contributed by atoms with Gasteiger partial charge >= 0.3 is 0 Å². The average molecular weight is 364 g/mol. The fourth-order valence-corrected chi connectivity index (χ4v) is 1.67. The smallest absolute Gasteiger partial charge is 0.258 e. The van der Waals surface area contributed by atoms with Crippen LogP contribution in [-0.4, -0.2) is 4.92 Å². The molecule has 1 rings (SSSR count). The number of hydrogen-bond donors (Lipinski definition) is 0. The molecule has 0 saturated carbocycles. The summed E-state index contributed by atoms with van der Waals surface area (Å²) in [6.45, 7) is 0. The van der Waals surface area contributed by atoms with E-state index in [2.05, 4.69) is 15.9 Å². The van der Waals surface area contributed by atoms with Crippen LogP contribution in [-0.2, 0) is 0 Å². The second-order valence-corrected chi connectivity index (χ2v) is 4.01. The molecule has 1 aromatic rings. The van der Waals surface area contributed by atoms with E-state index in [0.29, 0.717) is 0 Å². The number of benzene rings is 1. The van der Waals surface area contributed by atoms with E-state index < -0.39 is 22.2 Å². The first-order valence-corrected chi connectivity index (χ1v) is 4.79. The third-order valence-electron chi connectivity index (χ3n) is 1.28. The summed E-state index contributed by atoms with van der Waals surface area (Å²) in [7, 11) is 0. The van der Waals surface area contributed by atoms with Crippen molar-refractivity contribution in [1.29, 1.82) is 0 Å². The Morgan fingerprint density at radius 2 is 2.00 bits per heavy atom. The van der Waals surface area contributed by atoms with Gasteiger partial charge in [-0.05, 0) is 38.5 Å². The zero-order chi connectivity index (χ0) is 10.2. The van der Waals surface area contributed by atoms with Gasteiger partial charge in [0.15, 0.2) is 11.6 Å². The molecule has 0 fully saturated rings. The fraction of sp³-hybridized carbons (Fsp3) is 0. The molecule has 0 aliphatic heterocycles. The Morgan fingerprint density at radius 1 is 1.46 bits per heavy atom. The van der Waals surface area contributed by atoms with Gasteiger partial charge < -0.3 is 0 Å². The van der Waals surface area contributed by atoms with Gasteiger partial charge in [-0.15, -0.1) is 0 Å². The first kappa shape index (κ1) is 10.8. The van der Waals surface area contributed by atoms with Crippen molar-refractivity contribution < 1.29 is 13.7 Å². The van der Waals surface area contributed by atoms with Crippen molar-refractivity contribution in [2.45, 2.75) is 0 Å². The third kappa shape index (κ3) is 1.96. The van der Waals surface area contributed by atoms with Gasteiger partial charge in [-0.25, -0.2) is 8.78 Å². The van der Waals surface area contributed by atoms with Gasteiger partial charge in [0.1, 0.15) is 3.57 Å². The maximum Gasteiger partial charge on any atom is 0.286 e. The van der Waals surface area contributed by atoms with Crippen LogP contribution in [0.2, 0.25) is 0 Å². The highest BCUT2D eigenvalue weighted by atomic mass is 127. The van der Waals surface area contributed by atoms with Crippen molar-refractivity contribution in [3.8, 4) is 0 Å². The summed E-state index contributed by atoms with van der Waals surface area (Å²) in [5, 5.41) is 10.3. The quantitative estimate of drug-likeness (QED) is 0.253. The maximum atomic E-state index is 12.9. The Balaban J connectivity index is 3.50. The molecule has 0 heterocycles. The van der Waals surface area contributed by atoms with Gasteiger partial charge in [-0.2, -0.15) is 0 Å². The highest BCUT2D eigenvalue weighted by molar-refractivity contribution is 14.1. The van der Waals surface area contributed by atoms with E-state index in [1.807, 2.05) is 0 Å². The standard InChI is InChI=1S/C6HBrF2INO2/c7-2-1-3(11(12)13)6(10)5(9)4(2)8/h1H. The van der Waals surface area contributed by atoms with Gasteiger partial charge in [0.05, 0.1) is 9.40 Å². The predicted octanol–water partition coefficient (Wildman–Crippen LogP) is 3.24. The lowest BCUT2D eigenvalue weighted by Crippen LogP contribution is -1.98. The zero-order valence-corrected chi connectivity index (χ0v) is 9.60. The SMILES string of the molecule is O=[N+]([O-])c1cc(Br)c(F)c(F)c1I. The molecular weight excluding hydrogens is 363 g/mol. The van der Waals surface area contributed by atoms with Crippen molar-refractivity contribution in [1.82, 2.24) is 0 Å². The number of hydrogen-bond acceptors (Lipinski definition) is 2. The average Bonchev–Trinajstić information content (AvgIpc) is 2.07. The number of nitro benzene ring substituents is 1. The summed E-state index contributed by atoms with van der Waals surface area (Å²) >= 11 is 4.06. The summed E-state index contributed by atoms with van der Waals surface area (Å²) in [4.78, 5) is 9.56. The number of halogens is 4. The number of rotatable bonds is 1. The largest absolute Gasteiger partial charge is 0.286 e. The Labute approximate surface area is 93.5 Å². The molecule has 7 heteroatoms. The lowest BCUT2D eigenvalue weighted by atomic mass is 10.3. The molecule has 1 aromatic carbocycles. The lowest BCUT2D eigenvalue weighted by Gasteiger charge is -2.00. The fourth-order valence-electron chi connectivity index (χ4n) is 0.693. The normalized spacial score (nSPS) is 10.2. The van der Waals surface area contributed by atoms with Gasteiger partial charge in [-0.3, -0.25) is 10.1 Å². The second kappa shape index (κ2) is 3.82.